The number of Topliss-reactive ketones (excluding diaryl/α,β-unsaturated/α-hetero) is 1. The predicted molar refractivity (Wildman–Crippen MR) is 103 cm³/mol. The molecule has 1 atom stereocenters. The number of carbonyl (C=O) groups is 2. The smallest absolute Gasteiger partial charge is 0.379 e. The number of aryl methyl sites for hydroxylation is 1. The predicted octanol–water partition coefficient (Wildman–Crippen LogP) is 2.95. The molecule has 2 aromatic carbocycles. The lowest BCUT2D eigenvalue weighted by Crippen LogP contribution is -2.46. The number of methoxy groups -OCH3 is 1. The lowest BCUT2D eigenvalue weighted by atomic mass is 9.89. The van der Waals surface area contributed by atoms with E-state index in [1.165, 1.54) is 6.07 Å². The van der Waals surface area contributed by atoms with Crippen molar-refractivity contribution >= 4 is 34.8 Å². The topological polar surface area (TPSA) is 67.4 Å². The van der Waals surface area contributed by atoms with Crippen LogP contribution in [0.15, 0.2) is 48.0 Å². The van der Waals surface area contributed by atoms with Gasteiger partial charge in [0.1, 0.15) is 11.6 Å². The van der Waals surface area contributed by atoms with Crippen molar-refractivity contribution in [2.75, 3.05) is 7.11 Å². The van der Waals surface area contributed by atoms with Gasteiger partial charge in [-0.1, -0.05) is 35.9 Å². The van der Waals surface area contributed by atoms with E-state index in [9.17, 15) is 18.4 Å². The lowest BCUT2D eigenvalue weighted by molar-refractivity contribution is -0.150. The third-order valence-corrected chi connectivity index (χ3v) is 4.54. The van der Waals surface area contributed by atoms with E-state index in [0.717, 1.165) is 24.8 Å². The molecule has 0 radical (unpaired) electrons. The Bertz CT molecular complexity index is 983. The minimum Gasteiger partial charge on any atom is -0.463 e. The van der Waals surface area contributed by atoms with E-state index in [4.69, 9.17) is 12.2 Å². The molecular formula is C20H16F2N2O3S. The molecule has 1 heterocycles. The normalized spacial score (nSPS) is 16.3. The first-order valence-corrected chi connectivity index (χ1v) is 8.69. The molecular weight excluding hydrogens is 386 g/mol. The zero-order valence-corrected chi connectivity index (χ0v) is 15.8. The maximum Gasteiger partial charge on any atom is 0.379 e. The summed E-state index contributed by atoms with van der Waals surface area (Å²) in [5.41, 5.74) is 1.09. The highest BCUT2D eigenvalue weighted by atomic mass is 32.1. The molecule has 0 saturated carbocycles. The second kappa shape index (κ2) is 7.85. The summed E-state index contributed by atoms with van der Waals surface area (Å²) in [6.07, 6.45) is 0. The standard InChI is InChI=1S/C20H16F2N2O3S/c1-10-6-8-11(9-7-10)16-15(18(25)19(26)27-2)17(24-20(28)23-16)14-12(21)4-3-5-13(14)22/h3-9,17H,1-2H3,(H2,23,24,28)/t17-/m1/s1. The summed E-state index contributed by atoms with van der Waals surface area (Å²) in [7, 11) is 1.05. The molecule has 5 nitrogen and oxygen atoms in total. The van der Waals surface area contributed by atoms with Crippen LogP contribution >= 0.6 is 12.2 Å². The van der Waals surface area contributed by atoms with E-state index in [2.05, 4.69) is 15.4 Å². The van der Waals surface area contributed by atoms with Crippen LogP contribution in [0.5, 0.6) is 0 Å². The van der Waals surface area contributed by atoms with Crippen LogP contribution in [0.4, 0.5) is 8.78 Å². The summed E-state index contributed by atoms with van der Waals surface area (Å²) in [6.45, 7) is 1.89. The lowest BCUT2D eigenvalue weighted by Gasteiger charge is -2.31. The monoisotopic (exact) mass is 402 g/mol. The number of nitrogens with one attached hydrogen (secondary N) is 2. The zero-order valence-electron chi connectivity index (χ0n) is 15.0. The molecule has 0 spiro atoms. The van der Waals surface area contributed by atoms with Gasteiger partial charge in [-0.3, -0.25) is 4.79 Å². The molecule has 0 aliphatic carbocycles. The maximum absolute atomic E-state index is 14.5. The van der Waals surface area contributed by atoms with Crippen molar-refractivity contribution in [1.82, 2.24) is 10.6 Å². The van der Waals surface area contributed by atoms with Gasteiger partial charge in [-0.05, 0) is 36.8 Å². The number of thiocarbonyl (C=S) groups is 1. The summed E-state index contributed by atoms with van der Waals surface area (Å²) < 4.78 is 33.5. The molecule has 28 heavy (non-hydrogen) atoms. The van der Waals surface area contributed by atoms with Crippen molar-refractivity contribution in [1.29, 1.82) is 0 Å². The highest BCUT2D eigenvalue weighted by Crippen LogP contribution is 2.34. The molecule has 3 rings (SSSR count). The number of esters is 1. The molecule has 0 saturated heterocycles. The SMILES string of the molecule is COC(=O)C(=O)C1=C(c2ccc(C)cc2)NC(=S)N[C@@H]1c1c(F)cccc1F. The Morgan fingerprint density at radius 2 is 1.68 bits per heavy atom. The van der Waals surface area contributed by atoms with Gasteiger partial charge in [0.2, 0.25) is 0 Å². The summed E-state index contributed by atoms with van der Waals surface area (Å²) in [4.78, 5) is 24.8. The number of hydrogen-bond acceptors (Lipinski definition) is 4. The molecule has 0 amide bonds. The fourth-order valence-electron chi connectivity index (χ4n) is 2.96. The average molecular weight is 402 g/mol. The van der Waals surface area contributed by atoms with Gasteiger partial charge >= 0.3 is 5.97 Å². The minimum absolute atomic E-state index is 0.0599. The number of ketones is 1. The van der Waals surface area contributed by atoms with E-state index in [1.54, 1.807) is 24.3 Å². The number of rotatable bonds is 4. The van der Waals surface area contributed by atoms with Crippen molar-refractivity contribution in [2.24, 2.45) is 0 Å². The molecule has 1 aliphatic rings. The number of halogens is 2. The molecule has 1 aliphatic heterocycles. The molecule has 0 bridgehead atoms. The average Bonchev–Trinajstić information content (AvgIpc) is 2.67. The summed E-state index contributed by atoms with van der Waals surface area (Å²) >= 11 is 5.18. The number of carbonyl (C=O) groups excluding carboxylic acids is 2. The summed E-state index contributed by atoms with van der Waals surface area (Å²) in [6, 6.07) is 9.06. The maximum atomic E-state index is 14.5. The van der Waals surface area contributed by atoms with E-state index in [0.29, 0.717) is 5.56 Å². The molecule has 2 aromatic rings. The van der Waals surface area contributed by atoms with Crippen LogP contribution < -0.4 is 10.6 Å². The Balaban J connectivity index is 2.29. The zero-order chi connectivity index (χ0) is 20.4. The first kappa shape index (κ1) is 19.6. The van der Waals surface area contributed by atoms with Crippen molar-refractivity contribution < 1.29 is 23.1 Å². The van der Waals surface area contributed by atoms with Gasteiger partial charge in [-0.2, -0.15) is 0 Å². The second-order valence-corrected chi connectivity index (χ2v) is 6.55. The highest BCUT2D eigenvalue weighted by molar-refractivity contribution is 7.80. The summed E-state index contributed by atoms with van der Waals surface area (Å²) in [5, 5.41) is 5.58. The molecule has 8 heteroatoms. The Morgan fingerprint density at radius 1 is 1.07 bits per heavy atom. The van der Waals surface area contributed by atoms with Crippen molar-refractivity contribution in [3.8, 4) is 0 Å². The second-order valence-electron chi connectivity index (χ2n) is 6.14. The van der Waals surface area contributed by atoms with Crippen LogP contribution in [-0.4, -0.2) is 24.0 Å². The van der Waals surface area contributed by atoms with Crippen LogP contribution in [0.25, 0.3) is 5.70 Å². The van der Waals surface area contributed by atoms with E-state index >= 15 is 0 Å². The Morgan fingerprint density at radius 3 is 2.25 bits per heavy atom. The number of hydrogen-bond donors (Lipinski definition) is 2. The van der Waals surface area contributed by atoms with Gasteiger partial charge in [-0.25, -0.2) is 13.6 Å². The van der Waals surface area contributed by atoms with Crippen LogP contribution in [0, 0.1) is 18.6 Å². The first-order valence-electron chi connectivity index (χ1n) is 8.28. The fourth-order valence-corrected chi connectivity index (χ4v) is 3.18. The van der Waals surface area contributed by atoms with Crippen LogP contribution in [-0.2, 0) is 14.3 Å². The number of ether oxygens (including phenoxy) is 1. The number of benzene rings is 2. The van der Waals surface area contributed by atoms with E-state index < -0.39 is 35.0 Å². The van der Waals surface area contributed by atoms with Gasteiger partial charge in [0, 0.05) is 0 Å². The Hall–Kier alpha value is -3.13. The quantitative estimate of drug-likeness (QED) is 0.466. The molecule has 144 valence electrons. The minimum atomic E-state index is -1.31. The van der Waals surface area contributed by atoms with Crippen LogP contribution in [0.1, 0.15) is 22.7 Å². The van der Waals surface area contributed by atoms with Crippen LogP contribution in [0.3, 0.4) is 0 Å². The van der Waals surface area contributed by atoms with Crippen molar-refractivity contribution in [3.63, 3.8) is 0 Å². The van der Waals surface area contributed by atoms with Crippen LogP contribution in [0.2, 0.25) is 0 Å². The third kappa shape index (κ3) is 3.63. The van der Waals surface area contributed by atoms with E-state index in [1.807, 2.05) is 6.92 Å². The first-order chi connectivity index (χ1) is 13.3. The Labute approximate surface area is 165 Å². The van der Waals surface area contributed by atoms with Crippen molar-refractivity contribution in [2.45, 2.75) is 13.0 Å². The van der Waals surface area contributed by atoms with Gasteiger partial charge in [0.15, 0.2) is 5.11 Å². The van der Waals surface area contributed by atoms with Gasteiger partial charge in [0.25, 0.3) is 5.78 Å². The molecule has 2 N–H and O–H groups in total. The highest BCUT2D eigenvalue weighted by Gasteiger charge is 2.38. The third-order valence-electron chi connectivity index (χ3n) is 4.32. The Kier molecular flexibility index (Phi) is 5.51. The molecule has 0 aromatic heterocycles. The van der Waals surface area contributed by atoms with Crippen molar-refractivity contribution in [3.05, 3.63) is 76.4 Å². The largest absolute Gasteiger partial charge is 0.463 e. The van der Waals surface area contributed by atoms with E-state index in [-0.39, 0.29) is 16.4 Å². The van der Waals surface area contributed by atoms with Gasteiger partial charge < -0.3 is 15.4 Å². The van der Waals surface area contributed by atoms with Gasteiger partial charge in [-0.15, -0.1) is 0 Å². The van der Waals surface area contributed by atoms with Gasteiger partial charge in [0.05, 0.1) is 30.0 Å². The molecule has 0 fully saturated rings. The molecule has 0 unspecified atom stereocenters. The fraction of sp³-hybridized carbons (Fsp3) is 0.150. The summed E-state index contributed by atoms with van der Waals surface area (Å²) in [5.74, 6) is -3.94.